The number of amides is 1. The third kappa shape index (κ3) is 0.902. The largest absolute Gasteiger partial charge is 0.345 e. The molecule has 0 bridgehead atoms. The van der Waals surface area contributed by atoms with E-state index in [0.29, 0.717) is 6.42 Å². The Morgan fingerprint density at radius 1 is 1.33 bits per heavy atom. The maximum absolute atomic E-state index is 12.0. The highest BCUT2D eigenvalue weighted by atomic mass is 16.2. The predicted octanol–water partition coefficient (Wildman–Crippen LogP) is 1.03. The fourth-order valence-electron chi connectivity index (χ4n) is 2.76. The van der Waals surface area contributed by atoms with Gasteiger partial charge >= 0.3 is 0 Å². The van der Waals surface area contributed by atoms with Crippen molar-refractivity contribution in [2.24, 2.45) is 0 Å². The van der Waals surface area contributed by atoms with Gasteiger partial charge in [0.05, 0.1) is 0 Å². The van der Waals surface area contributed by atoms with Gasteiger partial charge in [0.15, 0.2) is 5.78 Å². The Balaban J connectivity index is 2.25. The van der Waals surface area contributed by atoms with Gasteiger partial charge in [0, 0.05) is 17.4 Å². The molecule has 1 aliphatic heterocycles. The van der Waals surface area contributed by atoms with Crippen LogP contribution in [0.1, 0.15) is 29.3 Å². The van der Waals surface area contributed by atoms with Crippen molar-refractivity contribution in [2.75, 3.05) is 0 Å². The van der Waals surface area contributed by atoms with Crippen LogP contribution in [0.15, 0.2) is 24.3 Å². The van der Waals surface area contributed by atoms with E-state index in [1.165, 1.54) is 0 Å². The number of benzene rings is 1. The van der Waals surface area contributed by atoms with E-state index in [4.69, 9.17) is 0 Å². The summed E-state index contributed by atoms with van der Waals surface area (Å²) in [6.45, 7) is 1.99. The summed E-state index contributed by atoms with van der Waals surface area (Å²) < 4.78 is 0. The van der Waals surface area contributed by atoms with Crippen molar-refractivity contribution < 1.29 is 9.59 Å². The molecule has 2 atom stereocenters. The minimum absolute atomic E-state index is 0.0228. The summed E-state index contributed by atoms with van der Waals surface area (Å²) in [6.07, 6.45) is 0.417. The first-order chi connectivity index (χ1) is 7.13. The minimum atomic E-state index is -0.345. The van der Waals surface area contributed by atoms with Crippen LogP contribution in [0.3, 0.4) is 0 Å². The van der Waals surface area contributed by atoms with Crippen molar-refractivity contribution in [2.45, 2.75) is 24.8 Å². The van der Waals surface area contributed by atoms with E-state index in [-0.39, 0.29) is 23.1 Å². The highest BCUT2D eigenvalue weighted by Gasteiger charge is 2.54. The van der Waals surface area contributed by atoms with Gasteiger partial charge in [0.1, 0.15) is 6.04 Å². The molecule has 3 rings (SSSR count). The molecule has 3 heteroatoms. The average molecular weight is 201 g/mol. The van der Waals surface area contributed by atoms with Gasteiger partial charge in [-0.15, -0.1) is 0 Å². The Kier molecular flexibility index (Phi) is 1.43. The number of ketones is 1. The van der Waals surface area contributed by atoms with Gasteiger partial charge < -0.3 is 5.32 Å². The van der Waals surface area contributed by atoms with Gasteiger partial charge in [0.25, 0.3) is 0 Å². The summed E-state index contributed by atoms with van der Waals surface area (Å²) in [7, 11) is 0. The molecule has 2 unspecified atom stereocenters. The molecular formula is C12H11NO2. The molecule has 1 amide bonds. The van der Waals surface area contributed by atoms with Crippen LogP contribution in [0.4, 0.5) is 0 Å². The summed E-state index contributed by atoms with van der Waals surface area (Å²) in [4.78, 5) is 23.4. The van der Waals surface area contributed by atoms with Crippen LogP contribution in [-0.2, 0) is 10.2 Å². The van der Waals surface area contributed by atoms with Crippen LogP contribution < -0.4 is 5.32 Å². The lowest BCUT2D eigenvalue weighted by molar-refractivity contribution is -0.119. The van der Waals surface area contributed by atoms with Crippen molar-refractivity contribution in [3.8, 4) is 0 Å². The van der Waals surface area contributed by atoms with Gasteiger partial charge in [-0.05, 0) is 5.56 Å². The zero-order valence-electron chi connectivity index (χ0n) is 8.41. The van der Waals surface area contributed by atoms with E-state index in [0.717, 1.165) is 11.1 Å². The summed E-state index contributed by atoms with van der Waals surface area (Å²) in [5, 5.41) is 2.76. The molecule has 0 aromatic heterocycles. The standard InChI is InChI=1S/C12H11NO2/c1-12-6-9(14)13-11(12)10(15)7-4-2-3-5-8(7)12/h2-5,11H,6H2,1H3,(H,13,14). The van der Waals surface area contributed by atoms with E-state index < -0.39 is 0 Å². The summed E-state index contributed by atoms with van der Waals surface area (Å²) >= 11 is 0. The van der Waals surface area contributed by atoms with Gasteiger partial charge in [-0.1, -0.05) is 31.2 Å². The molecule has 3 nitrogen and oxygen atoms in total. The van der Waals surface area contributed by atoms with Gasteiger partial charge in [-0.25, -0.2) is 0 Å². The summed E-state index contributed by atoms with van der Waals surface area (Å²) in [5.41, 5.74) is 1.45. The highest BCUT2D eigenvalue weighted by Crippen LogP contribution is 2.44. The molecule has 1 N–H and O–H groups in total. The lowest BCUT2D eigenvalue weighted by Crippen LogP contribution is -2.38. The average Bonchev–Trinajstić information content (AvgIpc) is 2.62. The lowest BCUT2D eigenvalue weighted by Gasteiger charge is -2.21. The quantitative estimate of drug-likeness (QED) is 0.681. The van der Waals surface area contributed by atoms with E-state index in [2.05, 4.69) is 5.32 Å². The maximum atomic E-state index is 12.0. The molecule has 0 radical (unpaired) electrons. The molecule has 1 aliphatic carbocycles. The molecule has 1 aromatic rings. The van der Waals surface area contributed by atoms with Crippen LogP contribution in [0, 0.1) is 0 Å². The third-order valence-electron chi connectivity index (χ3n) is 3.54. The van der Waals surface area contributed by atoms with Crippen molar-refractivity contribution in [3.05, 3.63) is 35.4 Å². The zero-order chi connectivity index (χ0) is 10.6. The van der Waals surface area contributed by atoms with E-state index in [1.54, 1.807) is 0 Å². The van der Waals surface area contributed by atoms with E-state index in [1.807, 2.05) is 31.2 Å². The lowest BCUT2D eigenvalue weighted by atomic mass is 9.81. The molecule has 2 aliphatic rings. The maximum Gasteiger partial charge on any atom is 0.221 e. The van der Waals surface area contributed by atoms with Crippen molar-refractivity contribution in [3.63, 3.8) is 0 Å². The number of carbonyl (C=O) groups is 2. The highest BCUT2D eigenvalue weighted by molar-refractivity contribution is 6.10. The monoisotopic (exact) mass is 201 g/mol. The number of fused-ring (bicyclic) bond motifs is 3. The molecule has 1 aromatic carbocycles. The number of Topliss-reactive ketones (excluding diaryl/α,β-unsaturated/α-hetero) is 1. The van der Waals surface area contributed by atoms with Gasteiger partial charge in [-0.2, -0.15) is 0 Å². The second kappa shape index (κ2) is 2.48. The predicted molar refractivity (Wildman–Crippen MR) is 54.7 cm³/mol. The molecule has 0 spiro atoms. The fraction of sp³-hybridized carbons (Fsp3) is 0.333. The summed E-state index contributed by atoms with van der Waals surface area (Å²) in [5.74, 6) is 0.0318. The van der Waals surface area contributed by atoms with Gasteiger partial charge in [0.2, 0.25) is 5.91 Å². The minimum Gasteiger partial charge on any atom is -0.345 e. The molecule has 15 heavy (non-hydrogen) atoms. The smallest absolute Gasteiger partial charge is 0.221 e. The molecular weight excluding hydrogens is 190 g/mol. The zero-order valence-corrected chi connectivity index (χ0v) is 8.41. The van der Waals surface area contributed by atoms with E-state index in [9.17, 15) is 9.59 Å². The second-order valence-electron chi connectivity index (χ2n) is 4.50. The van der Waals surface area contributed by atoms with Crippen LogP contribution in [0.2, 0.25) is 0 Å². The van der Waals surface area contributed by atoms with Crippen molar-refractivity contribution in [1.29, 1.82) is 0 Å². The SMILES string of the molecule is CC12CC(=O)NC1C(=O)c1ccccc12. The Hall–Kier alpha value is -1.64. The fourth-order valence-corrected chi connectivity index (χ4v) is 2.76. The Bertz CT molecular complexity index is 480. The second-order valence-corrected chi connectivity index (χ2v) is 4.50. The topological polar surface area (TPSA) is 46.2 Å². The Morgan fingerprint density at radius 3 is 2.87 bits per heavy atom. The van der Waals surface area contributed by atoms with Crippen molar-refractivity contribution >= 4 is 11.7 Å². The van der Waals surface area contributed by atoms with Crippen LogP contribution in [0.25, 0.3) is 0 Å². The third-order valence-corrected chi connectivity index (χ3v) is 3.54. The Morgan fingerprint density at radius 2 is 2.07 bits per heavy atom. The van der Waals surface area contributed by atoms with Crippen LogP contribution in [-0.4, -0.2) is 17.7 Å². The molecule has 76 valence electrons. The number of hydrogen-bond acceptors (Lipinski definition) is 2. The molecule has 1 saturated heterocycles. The van der Waals surface area contributed by atoms with E-state index >= 15 is 0 Å². The molecule has 1 heterocycles. The number of carbonyl (C=O) groups excluding carboxylic acids is 2. The Labute approximate surface area is 87.5 Å². The number of hydrogen-bond donors (Lipinski definition) is 1. The molecule has 1 fully saturated rings. The summed E-state index contributed by atoms with van der Waals surface area (Å²) in [6, 6.07) is 7.23. The van der Waals surface area contributed by atoms with Crippen LogP contribution >= 0.6 is 0 Å². The first-order valence-electron chi connectivity index (χ1n) is 5.06. The number of rotatable bonds is 0. The van der Waals surface area contributed by atoms with Crippen LogP contribution in [0.5, 0.6) is 0 Å². The molecule has 0 saturated carbocycles. The number of nitrogens with one attached hydrogen (secondary N) is 1. The first-order valence-corrected chi connectivity index (χ1v) is 5.06. The first kappa shape index (κ1) is 8.65. The normalized spacial score (nSPS) is 32.5. The van der Waals surface area contributed by atoms with Gasteiger partial charge in [-0.3, -0.25) is 9.59 Å². The van der Waals surface area contributed by atoms with Crippen molar-refractivity contribution in [1.82, 2.24) is 5.32 Å².